The Hall–Kier alpha value is -1.68. The van der Waals surface area contributed by atoms with Crippen molar-refractivity contribution in [2.75, 3.05) is 6.61 Å². The molecule has 0 amide bonds. The second-order valence-electron chi connectivity index (χ2n) is 4.47. The molecule has 1 aromatic carbocycles. The second kappa shape index (κ2) is 5.97. The maximum atomic E-state index is 12.0. The van der Waals surface area contributed by atoms with E-state index in [0.717, 1.165) is 16.3 Å². The third-order valence-corrected chi connectivity index (χ3v) is 3.98. The fourth-order valence-electron chi connectivity index (χ4n) is 1.71. The van der Waals surface area contributed by atoms with Gasteiger partial charge in [0.1, 0.15) is 4.88 Å². The fraction of sp³-hybridized carbons (Fsp3) is 0.333. The Balaban J connectivity index is 2.49. The Bertz CT molecular complexity index is 561. The lowest BCUT2D eigenvalue weighted by atomic mass is 10.1. The van der Waals surface area contributed by atoms with Crippen LogP contribution in [0.4, 0.5) is 0 Å². The number of nitrogens with zero attached hydrogens (tertiary/aromatic N) is 1. The molecular weight excluding hydrogens is 258 g/mol. The van der Waals surface area contributed by atoms with E-state index in [0.29, 0.717) is 17.4 Å². The Labute approximate surface area is 117 Å². The Morgan fingerprint density at radius 1 is 1.32 bits per heavy atom. The minimum Gasteiger partial charge on any atom is -0.462 e. The normalized spacial score (nSPS) is 10.7. The third kappa shape index (κ3) is 3.01. The van der Waals surface area contributed by atoms with Crippen molar-refractivity contribution >= 4 is 17.3 Å². The number of benzene rings is 1. The van der Waals surface area contributed by atoms with Crippen molar-refractivity contribution in [3.8, 4) is 11.3 Å². The lowest BCUT2D eigenvalue weighted by Gasteiger charge is -2.01. The van der Waals surface area contributed by atoms with Crippen molar-refractivity contribution in [2.24, 2.45) is 0 Å². The van der Waals surface area contributed by atoms with Crippen LogP contribution in [0.1, 0.15) is 41.4 Å². The molecule has 0 N–H and O–H groups in total. The number of aromatic nitrogens is 1. The molecule has 4 heteroatoms. The minimum absolute atomic E-state index is 0.286. The van der Waals surface area contributed by atoms with Crippen LogP contribution in [0.2, 0.25) is 0 Å². The molecule has 2 aromatic rings. The average Bonchev–Trinajstić information content (AvgIpc) is 2.85. The van der Waals surface area contributed by atoms with Gasteiger partial charge in [-0.05, 0) is 6.92 Å². The topological polar surface area (TPSA) is 39.2 Å². The number of hydrogen-bond acceptors (Lipinski definition) is 4. The van der Waals surface area contributed by atoms with Crippen molar-refractivity contribution in [3.05, 3.63) is 40.2 Å². The summed E-state index contributed by atoms with van der Waals surface area (Å²) in [5.41, 5.74) is 1.68. The van der Waals surface area contributed by atoms with Crippen LogP contribution in [0.15, 0.2) is 30.3 Å². The molecule has 1 heterocycles. The monoisotopic (exact) mass is 275 g/mol. The second-order valence-corrected chi connectivity index (χ2v) is 5.50. The van der Waals surface area contributed by atoms with Gasteiger partial charge >= 0.3 is 5.97 Å². The summed E-state index contributed by atoms with van der Waals surface area (Å²) in [6.45, 7) is 6.33. The molecule has 3 nitrogen and oxygen atoms in total. The van der Waals surface area contributed by atoms with E-state index < -0.39 is 0 Å². The highest BCUT2D eigenvalue weighted by atomic mass is 32.1. The molecule has 100 valence electrons. The van der Waals surface area contributed by atoms with Gasteiger partial charge < -0.3 is 4.74 Å². The van der Waals surface area contributed by atoms with Gasteiger partial charge in [0.05, 0.1) is 17.3 Å². The van der Waals surface area contributed by atoms with Gasteiger partial charge in [-0.25, -0.2) is 9.78 Å². The SMILES string of the molecule is CCOC(=O)c1sc(C(C)C)nc1-c1ccccc1. The van der Waals surface area contributed by atoms with Crippen molar-refractivity contribution in [1.29, 1.82) is 0 Å². The zero-order valence-corrected chi connectivity index (χ0v) is 12.2. The summed E-state index contributed by atoms with van der Waals surface area (Å²) in [6.07, 6.45) is 0. The summed E-state index contributed by atoms with van der Waals surface area (Å²) in [6, 6.07) is 9.75. The molecule has 2 rings (SSSR count). The van der Waals surface area contributed by atoms with E-state index >= 15 is 0 Å². The number of carbonyl (C=O) groups is 1. The first kappa shape index (κ1) is 13.7. The van der Waals surface area contributed by atoms with Gasteiger partial charge in [-0.3, -0.25) is 0 Å². The highest BCUT2D eigenvalue weighted by Crippen LogP contribution is 2.32. The van der Waals surface area contributed by atoms with Gasteiger partial charge in [0.25, 0.3) is 0 Å². The molecule has 0 unspecified atom stereocenters. The maximum absolute atomic E-state index is 12.0. The van der Waals surface area contributed by atoms with E-state index in [4.69, 9.17) is 4.74 Å². The highest BCUT2D eigenvalue weighted by molar-refractivity contribution is 7.14. The van der Waals surface area contributed by atoms with Crippen LogP contribution in [0.3, 0.4) is 0 Å². The maximum Gasteiger partial charge on any atom is 0.350 e. The van der Waals surface area contributed by atoms with Crippen molar-refractivity contribution < 1.29 is 9.53 Å². The number of esters is 1. The molecule has 0 saturated heterocycles. The fourth-order valence-corrected chi connectivity index (χ4v) is 2.69. The summed E-state index contributed by atoms with van der Waals surface area (Å²) in [7, 11) is 0. The molecule has 0 fully saturated rings. The van der Waals surface area contributed by atoms with E-state index in [-0.39, 0.29) is 5.97 Å². The van der Waals surface area contributed by atoms with Crippen LogP contribution in [-0.2, 0) is 4.74 Å². The molecule has 0 atom stereocenters. The predicted octanol–water partition coefficient (Wildman–Crippen LogP) is 4.11. The van der Waals surface area contributed by atoms with Crippen LogP contribution in [-0.4, -0.2) is 17.6 Å². The third-order valence-electron chi connectivity index (χ3n) is 2.65. The predicted molar refractivity (Wildman–Crippen MR) is 77.6 cm³/mol. The largest absolute Gasteiger partial charge is 0.462 e. The number of thiazole rings is 1. The average molecular weight is 275 g/mol. The first-order valence-electron chi connectivity index (χ1n) is 6.36. The first-order chi connectivity index (χ1) is 9.13. The first-order valence-corrected chi connectivity index (χ1v) is 7.18. The lowest BCUT2D eigenvalue weighted by molar-refractivity contribution is 0.0532. The van der Waals surface area contributed by atoms with Gasteiger partial charge in [-0.15, -0.1) is 11.3 Å². The number of carbonyl (C=O) groups excluding carboxylic acids is 1. The van der Waals surface area contributed by atoms with Crippen molar-refractivity contribution in [3.63, 3.8) is 0 Å². The van der Waals surface area contributed by atoms with Crippen LogP contribution in [0.5, 0.6) is 0 Å². The molecule has 0 aliphatic heterocycles. The van der Waals surface area contributed by atoms with E-state index in [1.54, 1.807) is 0 Å². The van der Waals surface area contributed by atoms with E-state index in [1.807, 2.05) is 37.3 Å². The Morgan fingerprint density at radius 3 is 2.58 bits per heavy atom. The molecule has 0 radical (unpaired) electrons. The molecule has 0 saturated carbocycles. The standard InChI is InChI=1S/C15H17NO2S/c1-4-18-15(17)13-12(11-8-6-5-7-9-11)16-14(19-13)10(2)3/h5-10H,4H2,1-3H3. The van der Waals surface area contributed by atoms with Crippen LogP contribution in [0, 0.1) is 0 Å². The smallest absolute Gasteiger partial charge is 0.350 e. The minimum atomic E-state index is -0.286. The summed E-state index contributed by atoms with van der Waals surface area (Å²) in [5.74, 6) is 0.0152. The Kier molecular flexibility index (Phi) is 4.32. The van der Waals surface area contributed by atoms with Gasteiger partial charge in [0.2, 0.25) is 0 Å². The van der Waals surface area contributed by atoms with Gasteiger partial charge in [0, 0.05) is 11.5 Å². The Morgan fingerprint density at radius 2 is 2.00 bits per heavy atom. The molecule has 19 heavy (non-hydrogen) atoms. The quantitative estimate of drug-likeness (QED) is 0.788. The molecule has 0 aliphatic rings. The number of ether oxygens (including phenoxy) is 1. The summed E-state index contributed by atoms with van der Waals surface area (Å²) in [5, 5.41) is 0.960. The van der Waals surface area contributed by atoms with Crippen LogP contribution in [0.25, 0.3) is 11.3 Å². The van der Waals surface area contributed by atoms with Crippen LogP contribution >= 0.6 is 11.3 Å². The number of rotatable bonds is 4. The van der Waals surface area contributed by atoms with E-state index in [1.165, 1.54) is 11.3 Å². The van der Waals surface area contributed by atoms with Crippen molar-refractivity contribution in [2.45, 2.75) is 26.7 Å². The van der Waals surface area contributed by atoms with E-state index in [2.05, 4.69) is 18.8 Å². The summed E-state index contributed by atoms with van der Waals surface area (Å²) < 4.78 is 5.11. The molecular formula is C15H17NO2S. The molecule has 0 spiro atoms. The zero-order chi connectivity index (χ0) is 13.8. The van der Waals surface area contributed by atoms with Gasteiger partial charge in [-0.1, -0.05) is 44.2 Å². The molecule has 0 aliphatic carbocycles. The van der Waals surface area contributed by atoms with Gasteiger partial charge in [-0.2, -0.15) is 0 Å². The lowest BCUT2D eigenvalue weighted by Crippen LogP contribution is -2.03. The van der Waals surface area contributed by atoms with Gasteiger partial charge in [0.15, 0.2) is 0 Å². The van der Waals surface area contributed by atoms with Crippen LogP contribution < -0.4 is 0 Å². The molecule has 1 aromatic heterocycles. The zero-order valence-electron chi connectivity index (χ0n) is 11.3. The number of hydrogen-bond donors (Lipinski definition) is 0. The highest BCUT2D eigenvalue weighted by Gasteiger charge is 2.21. The van der Waals surface area contributed by atoms with E-state index in [9.17, 15) is 4.79 Å². The molecule has 0 bridgehead atoms. The van der Waals surface area contributed by atoms with Crippen molar-refractivity contribution in [1.82, 2.24) is 4.98 Å². The summed E-state index contributed by atoms with van der Waals surface area (Å²) in [4.78, 5) is 17.2. The summed E-state index contributed by atoms with van der Waals surface area (Å²) >= 11 is 1.42.